The van der Waals surface area contributed by atoms with Gasteiger partial charge in [-0.25, -0.2) is 0 Å². The second-order valence-corrected chi connectivity index (χ2v) is 7.61. The summed E-state index contributed by atoms with van der Waals surface area (Å²) >= 11 is 0. The number of piperidine rings is 1. The van der Waals surface area contributed by atoms with Crippen molar-refractivity contribution < 1.29 is 18.0 Å². The number of carbonyl (C=O) groups excluding carboxylic acids is 1. The number of benzene rings is 2. The number of hydrogen-bond donors (Lipinski definition) is 2. The Morgan fingerprint density at radius 2 is 1.90 bits per heavy atom. The molecule has 3 aromatic rings. The molecule has 0 saturated carbocycles. The average molecular weight is 401 g/mol. The van der Waals surface area contributed by atoms with Crippen LogP contribution in [0.25, 0.3) is 10.9 Å². The zero-order valence-corrected chi connectivity index (χ0v) is 16.0. The second kappa shape index (κ2) is 7.55. The summed E-state index contributed by atoms with van der Waals surface area (Å²) in [6.07, 6.45) is -0.309. The van der Waals surface area contributed by atoms with Crippen LogP contribution >= 0.6 is 0 Å². The number of anilines is 1. The Bertz CT molecular complexity index is 1030. The van der Waals surface area contributed by atoms with Gasteiger partial charge in [-0.3, -0.25) is 4.79 Å². The fraction of sp³-hybridized carbons (Fsp3) is 0.318. The monoisotopic (exact) mass is 401 g/mol. The van der Waals surface area contributed by atoms with Crippen LogP contribution in [0.2, 0.25) is 0 Å². The van der Waals surface area contributed by atoms with Crippen molar-refractivity contribution in [3.63, 3.8) is 0 Å². The van der Waals surface area contributed by atoms with Crippen LogP contribution in [0.1, 0.15) is 40.2 Å². The van der Waals surface area contributed by atoms with E-state index in [0.717, 1.165) is 49.0 Å². The van der Waals surface area contributed by atoms with E-state index in [1.54, 1.807) is 6.07 Å². The molecule has 0 spiro atoms. The first-order chi connectivity index (χ1) is 13.8. The molecule has 4 nitrogen and oxygen atoms in total. The fourth-order valence-corrected chi connectivity index (χ4v) is 3.92. The number of H-pyrrole nitrogens is 1. The highest BCUT2D eigenvalue weighted by molar-refractivity contribution is 6.05. The summed E-state index contributed by atoms with van der Waals surface area (Å²) in [6, 6.07) is 9.97. The van der Waals surface area contributed by atoms with Crippen molar-refractivity contribution in [2.24, 2.45) is 0 Å². The Balaban J connectivity index is 1.57. The first-order valence-corrected chi connectivity index (χ1v) is 9.59. The molecule has 0 unspecified atom stereocenters. The van der Waals surface area contributed by atoms with E-state index in [2.05, 4.69) is 22.2 Å². The lowest BCUT2D eigenvalue weighted by Gasteiger charge is -2.28. The maximum atomic E-state index is 12.9. The van der Waals surface area contributed by atoms with E-state index < -0.39 is 17.6 Å². The van der Waals surface area contributed by atoms with Crippen LogP contribution in [0.4, 0.5) is 18.9 Å². The van der Waals surface area contributed by atoms with Crippen LogP contribution in [0.3, 0.4) is 0 Å². The molecule has 1 saturated heterocycles. The summed E-state index contributed by atoms with van der Waals surface area (Å²) in [5, 5.41) is 3.77. The number of fused-ring (bicyclic) bond motifs is 1. The lowest BCUT2D eigenvalue weighted by atomic mass is 9.89. The summed E-state index contributed by atoms with van der Waals surface area (Å²) in [6.45, 7) is 2.09. The number of aromatic amines is 1. The Hall–Kier alpha value is -2.80. The Morgan fingerprint density at radius 1 is 1.14 bits per heavy atom. The summed E-state index contributed by atoms with van der Waals surface area (Å²) in [5.41, 5.74) is 1.91. The SMILES string of the molecule is CN1CCC(c2c[nH]c3ccc(NC(=O)c4cccc(C(F)(F)F)c4)cc23)CC1. The molecule has 0 radical (unpaired) electrons. The highest BCUT2D eigenvalue weighted by atomic mass is 19.4. The van der Waals surface area contributed by atoms with Crippen molar-refractivity contribution in [2.75, 3.05) is 25.5 Å². The van der Waals surface area contributed by atoms with E-state index in [-0.39, 0.29) is 5.56 Å². The van der Waals surface area contributed by atoms with Gasteiger partial charge >= 0.3 is 6.18 Å². The number of amides is 1. The third kappa shape index (κ3) is 4.15. The number of halogens is 3. The molecular weight excluding hydrogens is 379 g/mol. The van der Waals surface area contributed by atoms with Crippen LogP contribution in [-0.4, -0.2) is 35.9 Å². The number of likely N-dealkylation sites (tertiary alicyclic amines) is 1. The predicted molar refractivity (Wildman–Crippen MR) is 107 cm³/mol. The minimum absolute atomic E-state index is 0.0236. The van der Waals surface area contributed by atoms with Gasteiger partial charge in [-0.2, -0.15) is 13.2 Å². The van der Waals surface area contributed by atoms with E-state index >= 15 is 0 Å². The topological polar surface area (TPSA) is 48.1 Å². The molecule has 0 aliphatic carbocycles. The zero-order chi connectivity index (χ0) is 20.6. The average Bonchev–Trinajstić information content (AvgIpc) is 3.11. The molecule has 0 bridgehead atoms. The number of nitrogens with zero attached hydrogens (tertiary/aromatic N) is 1. The number of carbonyl (C=O) groups is 1. The van der Waals surface area contributed by atoms with Gasteiger partial charge in [0.25, 0.3) is 5.91 Å². The smallest absolute Gasteiger partial charge is 0.361 e. The fourth-order valence-electron chi connectivity index (χ4n) is 3.92. The van der Waals surface area contributed by atoms with Gasteiger partial charge in [-0.05, 0) is 80.9 Å². The highest BCUT2D eigenvalue weighted by Crippen LogP contribution is 2.34. The van der Waals surface area contributed by atoms with E-state index in [4.69, 9.17) is 0 Å². The van der Waals surface area contributed by atoms with E-state index in [1.807, 2.05) is 18.3 Å². The molecule has 2 heterocycles. The van der Waals surface area contributed by atoms with Gasteiger partial charge in [0.15, 0.2) is 0 Å². The van der Waals surface area contributed by atoms with Crippen LogP contribution in [-0.2, 0) is 6.18 Å². The molecule has 29 heavy (non-hydrogen) atoms. The molecule has 1 fully saturated rings. The second-order valence-electron chi connectivity index (χ2n) is 7.61. The molecule has 7 heteroatoms. The maximum absolute atomic E-state index is 12.9. The lowest BCUT2D eigenvalue weighted by molar-refractivity contribution is -0.137. The van der Waals surface area contributed by atoms with E-state index in [9.17, 15) is 18.0 Å². The van der Waals surface area contributed by atoms with Crippen LogP contribution in [0.5, 0.6) is 0 Å². The molecule has 1 aliphatic rings. The zero-order valence-electron chi connectivity index (χ0n) is 16.0. The molecule has 2 N–H and O–H groups in total. The summed E-state index contributed by atoms with van der Waals surface area (Å²) in [7, 11) is 2.12. The molecule has 4 rings (SSSR count). The van der Waals surface area contributed by atoms with Crippen molar-refractivity contribution in [1.82, 2.24) is 9.88 Å². The Morgan fingerprint density at radius 3 is 2.62 bits per heavy atom. The van der Waals surface area contributed by atoms with Crippen molar-refractivity contribution in [2.45, 2.75) is 24.9 Å². The van der Waals surface area contributed by atoms with Gasteiger partial charge in [0, 0.05) is 28.4 Å². The predicted octanol–water partition coefficient (Wildman–Crippen LogP) is 5.25. The van der Waals surface area contributed by atoms with E-state index in [1.165, 1.54) is 17.7 Å². The normalized spacial score (nSPS) is 16.3. The minimum atomic E-state index is -4.48. The quantitative estimate of drug-likeness (QED) is 0.630. The molecule has 0 atom stereocenters. The lowest BCUT2D eigenvalue weighted by Crippen LogP contribution is -2.29. The number of hydrogen-bond acceptors (Lipinski definition) is 2. The first-order valence-electron chi connectivity index (χ1n) is 9.59. The van der Waals surface area contributed by atoms with Gasteiger partial charge in [0.2, 0.25) is 0 Å². The molecule has 1 aliphatic heterocycles. The Labute approximate surface area is 166 Å². The molecular formula is C22H22F3N3O. The third-order valence-electron chi connectivity index (χ3n) is 5.58. The van der Waals surface area contributed by atoms with Crippen molar-refractivity contribution in [1.29, 1.82) is 0 Å². The Kier molecular flexibility index (Phi) is 5.08. The van der Waals surface area contributed by atoms with Gasteiger partial charge in [-0.15, -0.1) is 0 Å². The van der Waals surface area contributed by atoms with Gasteiger partial charge in [0.05, 0.1) is 5.56 Å². The molecule has 1 amide bonds. The van der Waals surface area contributed by atoms with Crippen molar-refractivity contribution >= 4 is 22.5 Å². The largest absolute Gasteiger partial charge is 0.416 e. The number of alkyl halides is 3. The van der Waals surface area contributed by atoms with Crippen LogP contribution < -0.4 is 5.32 Å². The molecule has 1 aromatic heterocycles. The van der Waals surface area contributed by atoms with Crippen LogP contribution in [0.15, 0.2) is 48.7 Å². The van der Waals surface area contributed by atoms with Crippen molar-refractivity contribution in [3.8, 4) is 0 Å². The number of rotatable bonds is 3. The van der Waals surface area contributed by atoms with E-state index in [0.29, 0.717) is 11.6 Å². The third-order valence-corrected chi connectivity index (χ3v) is 5.58. The first kappa shape index (κ1) is 19.5. The van der Waals surface area contributed by atoms with Gasteiger partial charge < -0.3 is 15.2 Å². The minimum Gasteiger partial charge on any atom is -0.361 e. The number of nitrogens with one attached hydrogen (secondary N) is 2. The standard InChI is InChI=1S/C22H22F3N3O/c1-28-9-7-14(8-10-28)19-13-26-20-6-5-17(12-18(19)20)27-21(29)15-3-2-4-16(11-15)22(23,24)25/h2-6,11-14,26H,7-10H2,1H3,(H,27,29). The number of aromatic nitrogens is 1. The van der Waals surface area contributed by atoms with Gasteiger partial charge in [-0.1, -0.05) is 6.07 Å². The maximum Gasteiger partial charge on any atom is 0.416 e. The van der Waals surface area contributed by atoms with Gasteiger partial charge in [0.1, 0.15) is 0 Å². The molecule has 2 aromatic carbocycles. The molecule has 152 valence electrons. The van der Waals surface area contributed by atoms with Crippen molar-refractivity contribution in [3.05, 3.63) is 65.4 Å². The summed E-state index contributed by atoms with van der Waals surface area (Å²) in [4.78, 5) is 18.1. The van der Waals surface area contributed by atoms with Crippen LogP contribution in [0, 0.1) is 0 Å². The summed E-state index contributed by atoms with van der Waals surface area (Å²) < 4.78 is 38.7. The highest BCUT2D eigenvalue weighted by Gasteiger charge is 2.31. The summed E-state index contributed by atoms with van der Waals surface area (Å²) in [5.74, 6) is -0.110.